The summed E-state index contributed by atoms with van der Waals surface area (Å²) in [6.45, 7) is 2.00. The summed E-state index contributed by atoms with van der Waals surface area (Å²) in [6, 6.07) is 13.7. The van der Waals surface area contributed by atoms with Crippen molar-refractivity contribution in [2.24, 2.45) is 0 Å². The van der Waals surface area contributed by atoms with Crippen LogP contribution in [0.15, 0.2) is 65.6 Å². The molecule has 0 spiro atoms. The molecule has 3 aromatic carbocycles. The first kappa shape index (κ1) is 22.9. The van der Waals surface area contributed by atoms with Crippen molar-refractivity contribution >= 4 is 50.5 Å². The number of amides is 1. The first-order valence-electron chi connectivity index (χ1n) is 9.02. The second kappa shape index (κ2) is 9.55. The number of anilines is 2. The number of nitrogens with one attached hydrogen (secondary N) is 2. The molecule has 0 atom stereocenters. The van der Waals surface area contributed by atoms with Crippen molar-refractivity contribution in [1.29, 1.82) is 0 Å². The maximum atomic E-state index is 14.0. The second-order valence-corrected chi connectivity index (χ2v) is 8.78. The summed E-state index contributed by atoms with van der Waals surface area (Å²) in [5, 5.41) is 2.96. The smallest absolute Gasteiger partial charge is 0.262 e. The molecule has 0 aromatic heterocycles. The summed E-state index contributed by atoms with van der Waals surface area (Å²) in [4.78, 5) is 12.4. The minimum absolute atomic E-state index is 0.0650. The van der Waals surface area contributed by atoms with Crippen molar-refractivity contribution in [3.63, 3.8) is 0 Å². The summed E-state index contributed by atoms with van der Waals surface area (Å²) < 4.78 is 47.5. The van der Waals surface area contributed by atoms with Crippen molar-refractivity contribution < 1.29 is 22.3 Å². The molecule has 0 aliphatic carbocycles. The lowest BCUT2D eigenvalue weighted by Crippen LogP contribution is -2.17. The molecule has 31 heavy (non-hydrogen) atoms. The van der Waals surface area contributed by atoms with Crippen molar-refractivity contribution in [2.75, 3.05) is 16.6 Å². The van der Waals surface area contributed by atoms with Crippen LogP contribution in [0.4, 0.5) is 15.8 Å². The van der Waals surface area contributed by atoms with Crippen molar-refractivity contribution in [2.45, 2.75) is 11.8 Å². The number of sulfonamides is 1. The fourth-order valence-electron chi connectivity index (χ4n) is 2.67. The molecular formula is C21H17Cl2FN2O4S. The van der Waals surface area contributed by atoms with E-state index in [1.54, 1.807) is 6.92 Å². The molecule has 0 aliphatic heterocycles. The highest BCUT2D eigenvalue weighted by Gasteiger charge is 2.20. The molecule has 0 radical (unpaired) electrons. The lowest BCUT2D eigenvalue weighted by Gasteiger charge is -2.15. The van der Waals surface area contributed by atoms with E-state index in [9.17, 15) is 17.6 Å². The van der Waals surface area contributed by atoms with Gasteiger partial charge in [0.15, 0.2) is 0 Å². The lowest BCUT2D eigenvalue weighted by atomic mass is 10.2. The quantitative estimate of drug-likeness (QED) is 0.459. The van der Waals surface area contributed by atoms with Gasteiger partial charge < -0.3 is 10.1 Å². The maximum Gasteiger partial charge on any atom is 0.262 e. The van der Waals surface area contributed by atoms with Crippen LogP contribution in [0.2, 0.25) is 10.0 Å². The predicted octanol–water partition coefficient (Wildman–Crippen LogP) is 5.58. The Hall–Kier alpha value is -2.81. The van der Waals surface area contributed by atoms with Crippen LogP contribution >= 0.6 is 23.2 Å². The Balaban J connectivity index is 1.96. The number of hydrogen-bond donors (Lipinski definition) is 2. The fourth-order valence-corrected chi connectivity index (χ4v) is 4.16. The summed E-state index contributed by atoms with van der Waals surface area (Å²) >= 11 is 12.0. The maximum absolute atomic E-state index is 14.0. The molecule has 0 aliphatic rings. The molecule has 3 rings (SSSR count). The van der Waals surface area contributed by atoms with Gasteiger partial charge in [-0.3, -0.25) is 9.52 Å². The van der Waals surface area contributed by atoms with Gasteiger partial charge in [0.25, 0.3) is 15.9 Å². The highest BCUT2D eigenvalue weighted by Crippen LogP contribution is 2.31. The van der Waals surface area contributed by atoms with E-state index < -0.39 is 21.7 Å². The van der Waals surface area contributed by atoms with Crippen LogP contribution in [0.25, 0.3) is 0 Å². The van der Waals surface area contributed by atoms with Gasteiger partial charge in [-0.2, -0.15) is 0 Å². The molecular weight excluding hydrogens is 466 g/mol. The van der Waals surface area contributed by atoms with Crippen LogP contribution < -0.4 is 14.8 Å². The summed E-state index contributed by atoms with van der Waals surface area (Å²) in [7, 11) is -4.09. The molecule has 0 heterocycles. The third-order valence-corrected chi connectivity index (χ3v) is 6.03. The standard InChI is InChI=1S/C21H17Cl2FN2O4S/c1-2-30-20-10-8-14(31(28,29)26-18-11-13(22)7-9-16(18)23)12-19(20)25-21(27)15-5-3-4-6-17(15)24/h3-12,26H,2H2,1H3,(H,25,27). The monoisotopic (exact) mass is 482 g/mol. The highest BCUT2D eigenvalue weighted by atomic mass is 35.5. The predicted molar refractivity (Wildman–Crippen MR) is 119 cm³/mol. The lowest BCUT2D eigenvalue weighted by molar-refractivity contribution is 0.102. The van der Waals surface area contributed by atoms with Crippen LogP contribution in [0.3, 0.4) is 0 Å². The zero-order valence-corrected chi connectivity index (χ0v) is 18.5. The molecule has 6 nitrogen and oxygen atoms in total. The van der Waals surface area contributed by atoms with Gasteiger partial charge in [0.05, 0.1) is 33.5 Å². The van der Waals surface area contributed by atoms with Crippen molar-refractivity contribution in [1.82, 2.24) is 0 Å². The first-order chi connectivity index (χ1) is 14.7. The van der Waals surface area contributed by atoms with Crippen molar-refractivity contribution in [3.05, 3.63) is 82.1 Å². The Bertz CT molecular complexity index is 1240. The average Bonchev–Trinajstić information content (AvgIpc) is 2.72. The number of rotatable bonds is 7. The molecule has 162 valence electrons. The Kier molecular flexibility index (Phi) is 7.04. The molecule has 2 N–H and O–H groups in total. The van der Waals surface area contributed by atoms with Gasteiger partial charge in [0.1, 0.15) is 11.6 Å². The number of hydrogen-bond acceptors (Lipinski definition) is 4. The minimum atomic E-state index is -4.09. The van der Waals surface area contributed by atoms with Crippen LogP contribution in [0.1, 0.15) is 17.3 Å². The number of ether oxygens (including phenoxy) is 1. The summed E-state index contributed by atoms with van der Waals surface area (Å²) in [5.74, 6) is -1.23. The van der Waals surface area contributed by atoms with Gasteiger partial charge in [0.2, 0.25) is 0 Å². The van der Waals surface area contributed by atoms with Gasteiger partial charge in [-0.05, 0) is 55.5 Å². The van der Waals surface area contributed by atoms with E-state index in [2.05, 4.69) is 10.0 Å². The highest BCUT2D eigenvalue weighted by molar-refractivity contribution is 7.92. The van der Waals surface area contributed by atoms with E-state index in [1.165, 1.54) is 54.6 Å². The van der Waals surface area contributed by atoms with E-state index in [1.807, 2.05) is 0 Å². The molecule has 1 amide bonds. The molecule has 10 heteroatoms. The SMILES string of the molecule is CCOc1ccc(S(=O)(=O)Nc2cc(Cl)ccc2Cl)cc1NC(=O)c1ccccc1F. The van der Waals surface area contributed by atoms with E-state index in [-0.39, 0.29) is 39.2 Å². The molecule has 3 aromatic rings. The number of halogens is 3. The van der Waals surface area contributed by atoms with Crippen LogP contribution in [0, 0.1) is 5.82 Å². The van der Waals surface area contributed by atoms with Gasteiger partial charge in [0, 0.05) is 5.02 Å². The molecule has 0 fully saturated rings. The van der Waals surface area contributed by atoms with Crippen LogP contribution in [-0.2, 0) is 10.0 Å². The number of benzene rings is 3. The van der Waals surface area contributed by atoms with Crippen LogP contribution in [0.5, 0.6) is 5.75 Å². The van der Waals surface area contributed by atoms with Crippen LogP contribution in [-0.4, -0.2) is 20.9 Å². The van der Waals surface area contributed by atoms with E-state index in [0.717, 1.165) is 6.07 Å². The Morgan fingerprint density at radius 2 is 1.77 bits per heavy atom. The molecule has 0 saturated carbocycles. The fraction of sp³-hybridized carbons (Fsp3) is 0.0952. The van der Waals surface area contributed by atoms with Crippen molar-refractivity contribution in [3.8, 4) is 5.75 Å². The summed E-state index contributed by atoms with van der Waals surface area (Å²) in [6.07, 6.45) is 0. The Morgan fingerprint density at radius 3 is 2.48 bits per heavy atom. The van der Waals surface area contributed by atoms with Gasteiger partial charge in [-0.15, -0.1) is 0 Å². The van der Waals surface area contributed by atoms with E-state index in [4.69, 9.17) is 27.9 Å². The summed E-state index contributed by atoms with van der Waals surface area (Å²) in [5.41, 5.74) is -0.0304. The largest absolute Gasteiger partial charge is 0.492 e. The Labute approximate surface area is 189 Å². The third-order valence-electron chi connectivity index (χ3n) is 4.10. The minimum Gasteiger partial charge on any atom is -0.492 e. The van der Waals surface area contributed by atoms with Gasteiger partial charge in [-0.25, -0.2) is 12.8 Å². The normalized spacial score (nSPS) is 11.1. The molecule has 0 saturated heterocycles. The third kappa shape index (κ3) is 5.46. The average molecular weight is 483 g/mol. The zero-order chi connectivity index (χ0) is 22.6. The zero-order valence-electron chi connectivity index (χ0n) is 16.2. The van der Waals surface area contributed by atoms with Gasteiger partial charge >= 0.3 is 0 Å². The topological polar surface area (TPSA) is 84.5 Å². The molecule has 0 bridgehead atoms. The second-order valence-electron chi connectivity index (χ2n) is 6.25. The number of carbonyl (C=O) groups excluding carboxylic acids is 1. The Morgan fingerprint density at radius 1 is 1.03 bits per heavy atom. The van der Waals surface area contributed by atoms with E-state index in [0.29, 0.717) is 5.02 Å². The number of carbonyl (C=O) groups is 1. The first-order valence-corrected chi connectivity index (χ1v) is 11.3. The van der Waals surface area contributed by atoms with E-state index >= 15 is 0 Å². The molecule has 0 unspecified atom stereocenters. The van der Waals surface area contributed by atoms with Gasteiger partial charge in [-0.1, -0.05) is 35.3 Å².